The Morgan fingerprint density at radius 3 is 2.76 bits per heavy atom. The molecule has 1 atom stereocenters. The maximum atomic E-state index is 12.9. The average Bonchev–Trinajstić information content (AvgIpc) is 2.96. The van der Waals surface area contributed by atoms with Crippen molar-refractivity contribution in [3.8, 4) is 0 Å². The lowest BCUT2D eigenvalue weighted by molar-refractivity contribution is -0.144. The molecule has 7 heteroatoms. The monoisotopic (exact) mass is 297 g/mol. The molecular formula is C14H14F3N3O. The van der Waals surface area contributed by atoms with Crippen molar-refractivity contribution < 1.29 is 17.9 Å². The van der Waals surface area contributed by atoms with Gasteiger partial charge in [0.2, 0.25) is 5.82 Å². The van der Waals surface area contributed by atoms with Crippen LogP contribution >= 0.6 is 0 Å². The van der Waals surface area contributed by atoms with Gasteiger partial charge < -0.3 is 10.1 Å². The highest BCUT2D eigenvalue weighted by Crippen LogP contribution is 2.30. The Balaban J connectivity index is 1.94. The number of aromatic nitrogens is 2. The second-order valence-corrected chi connectivity index (χ2v) is 4.93. The zero-order valence-electron chi connectivity index (χ0n) is 11.2. The van der Waals surface area contributed by atoms with Crippen LogP contribution in [0.3, 0.4) is 0 Å². The highest BCUT2D eigenvalue weighted by atomic mass is 19.4. The predicted molar refractivity (Wildman–Crippen MR) is 72.0 cm³/mol. The Kier molecular flexibility index (Phi) is 3.67. The van der Waals surface area contributed by atoms with Gasteiger partial charge in [0.15, 0.2) is 0 Å². The average molecular weight is 297 g/mol. The van der Waals surface area contributed by atoms with Crippen LogP contribution in [-0.2, 0) is 10.9 Å². The number of hydrogen-bond donors (Lipinski definition) is 1. The van der Waals surface area contributed by atoms with E-state index in [0.29, 0.717) is 18.5 Å². The number of alkyl halides is 3. The van der Waals surface area contributed by atoms with Crippen molar-refractivity contribution in [2.75, 3.05) is 18.5 Å². The first-order valence-electron chi connectivity index (χ1n) is 6.73. The first-order chi connectivity index (χ1) is 10.0. The quantitative estimate of drug-likeness (QED) is 0.945. The zero-order chi connectivity index (χ0) is 14.9. The summed E-state index contributed by atoms with van der Waals surface area (Å²) in [5.41, 5.74) is 0.273. The summed E-state index contributed by atoms with van der Waals surface area (Å²) in [5, 5.41) is 3.54. The van der Waals surface area contributed by atoms with Crippen molar-refractivity contribution >= 4 is 16.7 Å². The van der Waals surface area contributed by atoms with Crippen LogP contribution in [0.25, 0.3) is 10.9 Å². The fourth-order valence-corrected chi connectivity index (χ4v) is 2.35. The Morgan fingerprint density at radius 2 is 2.05 bits per heavy atom. The molecule has 0 saturated carbocycles. The van der Waals surface area contributed by atoms with E-state index in [9.17, 15) is 13.2 Å². The van der Waals surface area contributed by atoms with Gasteiger partial charge in [-0.15, -0.1) is 0 Å². The minimum absolute atomic E-state index is 0.0214. The molecule has 2 heterocycles. The zero-order valence-corrected chi connectivity index (χ0v) is 11.2. The molecule has 1 aromatic carbocycles. The normalized spacial score (nSPS) is 19.1. The highest BCUT2D eigenvalue weighted by molar-refractivity contribution is 5.89. The Morgan fingerprint density at radius 1 is 1.24 bits per heavy atom. The van der Waals surface area contributed by atoms with Crippen molar-refractivity contribution in [3.63, 3.8) is 0 Å². The molecule has 0 radical (unpaired) electrons. The molecule has 0 aliphatic carbocycles. The molecule has 0 amide bonds. The van der Waals surface area contributed by atoms with Crippen molar-refractivity contribution in [3.05, 3.63) is 30.1 Å². The smallest absolute Gasteiger partial charge is 0.376 e. The number of nitrogens with zero attached hydrogens (tertiary/aromatic N) is 2. The van der Waals surface area contributed by atoms with E-state index >= 15 is 0 Å². The molecule has 1 aliphatic rings. The summed E-state index contributed by atoms with van der Waals surface area (Å²) in [6, 6.07) is 6.65. The summed E-state index contributed by atoms with van der Waals surface area (Å²) in [4.78, 5) is 7.21. The molecule has 3 rings (SSSR count). The maximum Gasteiger partial charge on any atom is 0.451 e. The van der Waals surface area contributed by atoms with Gasteiger partial charge in [0.1, 0.15) is 5.82 Å². The first kappa shape index (κ1) is 14.1. The first-order valence-corrected chi connectivity index (χ1v) is 6.73. The lowest BCUT2D eigenvalue weighted by Crippen LogP contribution is -2.20. The van der Waals surface area contributed by atoms with Gasteiger partial charge in [-0.3, -0.25) is 0 Å². The van der Waals surface area contributed by atoms with Gasteiger partial charge in [-0.05, 0) is 25.0 Å². The molecule has 2 aromatic rings. The van der Waals surface area contributed by atoms with Gasteiger partial charge in [-0.2, -0.15) is 13.2 Å². The molecule has 1 aromatic heterocycles. The standard InChI is InChI=1S/C14H14F3N3O/c15-14(16,17)13-19-11-6-2-1-5-10(11)12(20-13)18-8-9-4-3-7-21-9/h1-2,5-6,9H,3-4,7-8H2,(H,18,19,20)/t9-/m1/s1. The van der Waals surface area contributed by atoms with E-state index in [0.717, 1.165) is 12.8 Å². The molecule has 0 unspecified atom stereocenters. The van der Waals surface area contributed by atoms with Crippen LogP contribution in [0.15, 0.2) is 24.3 Å². The van der Waals surface area contributed by atoms with Crippen molar-refractivity contribution in [2.24, 2.45) is 0 Å². The number of benzene rings is 1. The third-order valence-corrected chi connectivity index (χ3v) is 3.38. The maximum absolute atomic E-state index is 12.9. The summed E-state index contributed by atoms with van der Waals surface area (Å²) in [6.45, 7) is 1.14. The molecule has 21 heavy (non-hydrogen) atoms. The second-order valence-electron chi connectivity index (χ2n) is 4.93. The van der Waals surface area contributed by atoms with E-state index in [-0.39, 0.29) is 17.4 Å². The van der Waals surface area contributed by atoms with Crippen LogP contribution in [-0.4, -0.2) is 29.2 Å². The molecule has 1 saturated heterocycles. The lowest BCUT2D eigenvalue weighted by atomic mass is 10.2. The molecule has 0 spiro atoms. The minimum Gasteiger partial charge on any atom is -0.376 e. The van der Waals surface area contributed by atoms with E-state index in [1.807, 2.05) is 0 Å². The molecule has 1 aliphatic heterocycles. The third kappa shape index (κ3) is 3.07. The predicted octanol–water partition coefficient (Wildman–Crippen LogP) is 3.24. The van der Waals surface area contributed by atoms with Crippen LogP contribution in [0.4, 0.5) is 19.0 Å². The van der Waals surface area contributed by atoms with E-state index in [1.165, 1.54) is 0 Å². The summed E-state index contributed by atoms with van der Waals surface area (Å²) in [5.74, 6) is -0.931. The Bertz CT molecular complexity index is 639. The van der Waals surface area contributed by atoms with Crippen LogP contribution in [0.1, 0.15) is 18.7 Å². The van der Waals surface area contributed by atoms with Crippen molar-refractivity contribution in [1.29, 1.82) is 0 Å². The van der Waals surface area contributed by atoms with Gasteiger partial charge in [-0.1, -0.05) is 12.1 Å². The Hall–Kier alpha value is -1.89. The number of nitrogens with one attached hydrogen (secondary N) is 1. The van der Waals surface area contributed by atoms with Crippen LogP contribution < -0.4 is 5.32 Å². The molecule has 1 N–H and O–H groups in total. The molecule has 1 fully saturated rings. The summed E-state index contributed by atoms with van der Waals surface area (Å²) in [7, 11) is 0. The highest BCUT2D eigenvalue weighted by Gasteiger charge is 2.35. The van der Waals surface area contributed by atoms with E-state index in [2.05, 4.69) is 15.3 Å². The SMILES string of the molecule is FC(F)(F)c1nc(NC[C@H]2CCCO2)c2ccccc2n1. The van der Waals surface area contributed by atoms with Gasteiger partial charge in [0.05, 0.1) is 11.6 Å². The number of hydrogen-bond acceptors (Lipinski definition) is 4. The van der Waals surface area contributed by atoms with Gasteiger partial charge in [0, 0.05) is 18.5 Å². The van der Waals surface area contributed by atoms with Gasteiger partial charge in [-0.25, -0.2) is 9.97 Å². The Labute approximate surface area is 119 Å². The lowest BCUT2D eigenvalue weighted by Gasteiger charge is -2.14. The van der Waals surface area contributed by atoms with E-state index in [1.54, 1.807) is 24.3 Å². The van der Waals surface area contributed by atoms with Crippen LogP contribution in [0.5, 0.6) is 0 Å². The second kappa shape index (κ2) is 5.48. The number of para-hydroxylation sites is 1. The minimum atomic E-state index is -4.57. The number of ether oxygens (including phenoxy) is 1. The number of fused-ring (bicyclic) bond motifs is 1. The van der Waals surface area contributed by atoms with Crippen molar-refractivity contribution in [2.45, 2.75) is 25.1 Å². The van der Waals surface area contributed by atoms with Gasteiger partial charge in [0.25, 0.3) is 0 Å². The fourth-order valence-electron chi connectivity index (χ4n) is 2.35. The fraction of sp³-hybridized carbons (Fsp3) is 0.429. The topological polar surface area (TPSA) is 47.0 Å². The number of halogens is 3. The third-order valence-electron chi connectivity index (χ3n) is 3.38. The molecule has 0 bridgehead atoms. The molecular weight excluding hydrogens is 283 g/mol. The summed E-state index contributed by atoms with van der Waals surface area (Å²) < 4.78 is 44.0. The van der Waals surface area contributed by atoms with Crippen molar-refractivity contribution in [1.82, 2.24) is 9.97 Å². The van der Waals surface area contributed by atoms with Crippen LogP contribution in [0, 0.1) is 0 Å². The van der Waals surface area contributed by atoms with Crippen LogP contribution in [0.2, 0.25) is 0 Å². The number of rotatable bonds is 3. The summed E-state index contributed by atoms with van der Waals surface area (Å²) >= 11 is 0. The van der Waals surface area contributed by atoms with E-state index < -0.39 is 12.0 Å². The summed E-state index contributed by atoms with van der Waals surface area (Å²) in [6.07, 6.45) is -2.66. The van der Waals surface area contributed by atoms with Gasteiger partial charge >= 0.3 is 6.18 Å². The largest absolute Gasteiger partial charge is 0.451 e. The molecule has 4 nitrogen and oxygen atoms in total. The number of anilines is 1. The van der Waals surface area contributed by atoms with E-state index in [4.69, 9.17) is 4.74 Å². The molecule has 112 valence electrons.